The summed E-state index contributed by atoms with van der Waals surface area (Å²) in [5, 5.41) is 0. The van der Waals surface area contributed by atoms with Gasteiger partial charge in [-0.05, 0) is 55.7 Å². The molecule has 5 nitrogen and oxygen atoms in total. The molecule has 0 spiro atoms. The van der Waals surface area contributed by atoms with Gasteiger partial charge in [0, 0.05) is 18.4 Å². The zero-order valence-corrected chi connectivity index (χ0v) is 13.3. The number of benzene rings is 1. The van der Waals surface area contributed by atoms with Crippen molar-refractivity contribution in [3.8, 4) is 5.75 Å². The third-order valence-electron chi connectivity index (χ3n) is 4.21. The molecule has 3 aromatic rings. The average molecular weight is 306 g/mol. The van der Waals surface area contributed by atoms with Crippen LogP contribution in [0.15, 0.2) is 36.5 Å². The summed E-state index contributed by atoms with van der Waals surface area (Å²) in [5.74, 6) is 2.55. The fourth-order valence-electron chi connectivity index (χ4n) is 3.17. The van der Waals surface area contributed by atoms with Crippen LogP contribution >= 0.6 is 0 Å². The van der Waals surface area contributed by atoms with Crippen LogP contribution in [-0.2, 0) is 6.42 Å². The fraction of sp³-hybridized carbons (Fsp3) is 0.278. The van der Waals surface area contributed by atoms with E-state index in [-0.39, 0.29) is 0 Å². The molecule has 0 radical (unpaired) electrons. The van der Waals surface area contributed by atoms with Gasteiger partial charge in [-0.2, -0.15) is 0 Å². The molecule has 4 rings (SSSR count). The molecule has 1 aliphatic rings. The molecular weight excluding hydrogens is 288 g/mol. The smallest absolute Gasteiger partial charge is 0.163 e. The first-order chi connectivity index (χ1) is 11.3. The van der Waals surface area contributed by atoms with Crippen molar-refractivity contribution < 1.29 is 4.74 Å². The number of methoxy groups -OCH3 is 1. The third kappa shape index (κ3) is 2.38. The Hall–Kier alpha value is -2.69. The zero-order valence-electron chi connectivity index (χ0n) is 13.3. The highest BCUT2D eigenvalue weighted by Crippen LogP contribution is 2.36. The Bertz CT molecular complexity index is 878. The summed E-state index contributed by atoms with van der Waals surface area (Å²) >= 11 is 0. The lowest BCUT2D eigenvalue weighted by molar-refractivity contribution is 0.414. The van der Waals surface area contributed by atoms with E-state index in [0.717, 1.165) is 47.8 Å². The van der Waals surface area contributed by atoms with Crippen molar-refractivity contribution in [2.75, 3.05) is 18.6 Å². The summed E-state index contributed by atoms with van der Waals surface area (Å²) in [7, 11) is 1.70. The minimum atomic E-state index is 0.765. The van der Waals surface area contributed by atoms with Crippen molar-refractivity contribution in [2.24, 2.45) is 0 Å². The van der Waals surface area contributed by atoms with Gasteiger partial charge in [0.05, 0.1) is 12.6 Å². The molecule has 5 heteroatoms. The van der Waals surface area contributed by atoms with Gasteiger partial charge in [0.1, 0.15) is 17.1 Å². The molecule has 1 aromatic carbocycles. The predicted molar refractivity (Wildman–Crippen MR) is 90.4 cm³/mol. The second kappa shape index (κ2) is 5.50. The Balaban J connectivity index is 1.90. The maximum absolute atomic E-state index is 5.35. The van der Waals surface area contributed by atoms with Crippen LogP contribution in [0.4, 0.5) is 11.5 Å². The molecule has 0 amide bonds. The van der Waals surface area contributed by atoms with Crippen molar-refractivity contribution in [1.82, 2.24) is 15.0 Å². The lowest BCUT2D eigenvalue weighted by atomic mass is 10.0. The SMILES string of the molecule is COc1ccc2c(c1)CCCN2c1nc(C)nc2cccnc12. The maximum Gasteiger partial charge on any atom is 0.163 e. The molecule has 0 N–H and O–H groups in total. The number of ether oxygens (including phenoxy) is 1. The van der Waals surface area contributed by atoms with Crippen molar-refractivity contribution >= 4 is 22.5 Å². The molecule has 0 aliphatic carbocycles. The van der Waals surface area contributed by atoms with Gasteiger partial charge in [-0.25, -0.2) is 9.97 Å². The number of fused-ring (bicyclic) bond motifs is 2. The number of anilines is 2. The Kier molecular flexibility index (Phi) is 3.33. The Morgan fingerprint density at radius 2 is 2.09 bits per heavy atom. The highest BCUT2D eigenvalue weighted by atomic mass is 16.5. The van der Waals surface area contributed by atoms with Gasteiger partial charge >= 0.3 is 0 Å². The number of aryl methyl sites for hydroxylation is 2. The molecule has 0 saturated heterocycles. The van der Waals surface area contributed by atoms with E-state index in [1.165, 1.54) is 11.3 Å². The largest absolute Gasteiger partial charge is 0.497 e. The van der Waals surface area contributed by atoms with E-state index in [1.54, 1.807) is 13.3 Å². The number of aromatic nitrogens is 3. The second-order valence-electron chi connectivity index (χ2n) is 5.72. The molecule has 1 aliphatic heterocycles. The van der Waals surface area contributed by atoms with Gasteiger partial charge < -0.3 is 9.64 Å². The minimum absolute atomic E-state index is 0.765. The van der Waals surface area contributed by atoms with Crippen LogP contribution in [0.2, 0.25) is 0 Å². The minimum Gasteiger partial charge on any atom is -0.497 e. The summed E-state index contributed by atoms with van der Waals surface area (Å²) in [5.41, 5.74) is 4.20. The molecule has 0 fully saturated rings. The van der Waals surface area contributed by atoms with Crippen molar-refractivity contribution in [2.45, 2.75) is 19.8 Å². The summed E-state index contributed by atoms with van der Waals surface area (Å²) in [6.45, 7) is 2.86. The van der Waals surface area contributed by atoms with Gasteiger partial charge in [-0.15, -0.1) is 0 Å². The third-order valence-corrected chi connectivity index (χ3v) is 4.21. The lowest BCUT2D eigenvalue weighted by Crippen LogP contribution is -2.26. The molecule has 0 atom stereocenters. The van der Waals surface area contributed by atoms with Crippen LogP contribution in [0.1, 0.15) is 17.8 Å². The Labute approximate surface area is 135 Å². The fourth-order valence-corrected chi connectivity index (χ4v) is 3.17. The van der Waals surface area contributed by atoms with Gasteiger partial charge in [0.15, 0.2) is 5.82 Å². The Morgan fingerprint density at radius 1 is 1.17 bits per heavy atom. The van der Waals surface area contributed by atoms with Crippen LogP contribution in [0.3, 0.4) is 0 Å². The van der Waals surface area contributed by atoms with Gasteiger partial charge in [0.25, 0.3) is 0 Å². The molecular formula is C18H18N4O. The quantitative estimate of drug-likeness (QED) is 0.726. The monoisotopic (exact) mass is 306 g/mol. The number of nitrogens with zero attached hydrogens (tertiary/aromatic N) is 4. The second-order valence-corrected chi connectivity index (χ2v) is 5.72. The molecule has 2 aromatic heterocycles. The van der Waals surface area contributed by atoms with Crippen LogP contribution in [0.5, 0.6) is 5.75 Å². The number of hydrogen-bond acceptors (Lipinski definition) is 5. The van der Waals surface area contributed by atoms with E-state index in [0.29, 0.717) is 0 Å². The standard InChI is InChI=1S/C18H18N4O/c1-12-20-15-6-3-9-19-17(15)18(21-12)22-10-4-5-13-11-14(23-2)7-8-16(13)22/h3,6-9,11H,4-5,10H2,1-2H3. The highest BCUT2D eigenvalue weighted by molar-refractivity contribution is 5.88. The molecule has 23 heavy (non-hydrogen) atoms. The summed E-state index contributed by atoms with van der Waals surface area (Å²) in [6.07, 6.45) is 3.93. The van der Waals surface area contributed by atoms with Crippen molar-refractivity contribution in [3.63, 3.8) is 0 Å². The maximum atomic E-state index is 5.35. The molecule has 0 saturated carbocycles. The first-order valence-corrected chi connectivity index (χ1v) is 7.80. The van der Waals surface area contributed by atoms with Gasteiger partial charge in [-0.3, -0.25) is 4.98 Å². The van der Waals surface area contributed by atoms with E-state index in [2.05, 4.69) is 32.0 Å². The van der Waals surface area contributed by atoms with E-state index in [1.807, 2.05) is 25.1 Å². The summed E-state index contributed by atoms with van der Waals surface area (Å²) < 4.78 is 5.35. The van der Waals surface area contributed by atoms with Gasteiger partial charge in [0.2, 0.25) is 0 Å². The first kappa shape index (κ1) is 13.9. The van der Waals surface area contributed by atoms with Crippen LogP contribution in [0.25, 0.3) is 11.0 Å². The van der Waals surface area contributed by atoms with E-state index >= 15 is 0 Å². The van der Waals surface area contributed by atoms with E-state index in [9.17, 15) is 0 Å². The number of pyridine rings is 1. The van der Waals surface area contributed by atoms with Crippen LogP contribution in [0, 0.1) is 6.92 Å². The zero-order chi connectivity index (χ0) is 15.8. The molecule has 0 unspecified atom stereocenters. The van der Waals surface area contributed by atoms with Crippen molar-refractivity contribution in [1.29, 1.82) is 0 Å². The number of rotatable bonds is 2. The molecule has 0 bridgehead atoms. The molecule has 3 heterocycles. The topological polar surface area (TPSA) is 51.1 Å². The normalized spacial score (nSPS) is 13.9. The Morgan fingerprint density at radius 3 is 2.96 bits per heavy atom. The number of hydrogen-bond donors (Lipinski definition) is 0. The highest BCUT2D eigenvalue weighted by Gasteiger charge is 2.22. The van der Waals surface area contributed by atoms with Crippen LogP contribution in [-0.4, -0.2) is 28.6 Å². The average Bonchev–Trinajstić information content (AvgIpc) is 2.60. The summed E-state index contributed by atoms with van der Waals surface area (Å²) in [6, 6.07) is 10.1. The summed E-state index contributed by atoms with van der Waals surface area (Å²) in [4.78, 5) is 15.9. The van der Waals surface area contributed by atoms with Crippen molar-refractivity contribution in [3.05, 3.63) is 47.9 Å². The first-order valence-electron chi connectivity index (χ1n) is 7.80. The van der Waals surface area contributed by atoms with E-state index in [4.69, 9.17) is 4.74 Å². The van der Waals surface area contributed by atoms with Gasteiger partial charge in [-0.1, -0.05) is 0 Å². The predicted octanol–water partition coefficient (Wildman–Crippen LogP) is 3.43. The van der Waals surface area contributed by atoms with E-state index < -0.39 is 0 Å². The lowest BCUT2D eigenvalue weighted by Gasteiger charge is -2.31. The molecule has 116 valence electrons. The van der Waals surface area contributed by atoms with Crippen LogP contribution < -0.4 is 9.64 Å².